The van der Waals surface area contributed by atoms with Crippen LogP contribution in [-0.2, 0) is 6.18 Å². The van der Waals surface area contributed by atoms with Gasteiger partial charge in [-0.3, -0.25) is 9.48 Å². The number of nitrogens with one attached hydrogen (secondary N) is 1. The molecule has 1 amide bonds. The number of benzene rings is 1. The van der Waals surface area contributed by atoms with Gasteiger partial charge in [0.15, 0.2) is 0 Å². The number of aliphatic hydroxyl groups excluding tert-OH is 1. The van der Waals surface area contributed by atoms with E-state index in [0.29, 0.717) is 30.7 Å². The predicted molar refractivity (Wildman–Crippen MR) is 145 cm³/mol. The molecule has 1 aromatic carbocycles. The van der Waals surface area contributed by atoms with Crippen LogP contribution in [0, 0.1) is 17.8 Å². The van der Waals surface area contributed by atoms with Gasteiger partial charge < -0.3 is 15.3 Å². The van der Waals surface area contributed by atoms with Crippen molar-refractivity contribution in [3.8, 4) is 0 Å². The summed E-state index contributed by atoms with van der Waals surface area (Å²) in [6, 6.07) is 7.46. The van der Waals surface area contributed by atoms with Gasteiger partial charge in [-0.2, -0.15) is 18.3 Å². The molecule has 1 saturated carbocycles. The highest BCUT2D eigenvalue weighted by molar-refractivity contribution is 6.06. The third-order valence-corrected chi connectivity index (χ3v) is 8.43. The van der Waals surface area contributed by atoms with Crippen LogP contribution in [0.4, 0.5) is 24.5 Å². The molecule has 10 heteroatoms. The highest BCUT2D eigenvalue weighted by Gasteiger charge is 2.33. The number of hydrogen-bond acceptors (Lipinski definition) is 5. The fourth-order valence-electron chi connectivity index (χ4n) is 5.92. The Hall–Kier alpha value is -3.14. The van der Waals surface area contributed by atoms with E-state index >= 15 is 0 Å². The van der Waals surface area contributed by atoms with E-state index in [0.717, 1.165) is 54.3 Å². The van der Waals surface area contributed by atoms with Gasteiger partial charge in [-0.15, -0.1) is 0 Å². The number of aromatic nitrogens is 3. The molecule has 39 heavy (non-hydrogen) atoms. The molecule has 1 aliphatic heterocycles. The van der Waals surface area contributed by atoms with Crippen molar-refractivity contribution < 1.29 is 23.1 Å². The van der Waals surface area contributed by atoms with Crippen LogP contribution in [0.3, 0.4) is 0 Å². The highest BCUT2D eigenvalue weighted by Crippen LogP contribution is 2.38. The normalized spacial score (nSPS) is 21.1. The first-order chi connectivity index (χ1) is 18.6. The molecule has 5 rings (SSSR count). The first kappa shape index (κ1) is 27.4. The Morgan fingerprint density at radius 1 is 1.10 bits per heavy atom. The predicted octanol–water partition coefficient (Wildman–Crippen LogP) is 6.30. The number of pyridine rings is 1. The van der Waals surface area contributed by atoms with Gasteiger partial charge in [0.25, 0.3) is 5.91 Å². The lowest BCUT2D eigenvalue weighted by atomic mass is 9.80. The van der Waals surface area contributed by atoms with Gasteiger partial charge >= 0.3 is 6.18 Å². The van der Waals surface area contributed by atoms with Crippen molar-refractivity contribution >= 4 is 28.2 Å². The summed E-state index contributed by atoms with van der Waals surface area (Å²) in [5, 5.41) is 18.2. The van der Waals surface area contributed by atoms with Crippen LogP contribution in [0.25, 0.3) is 10.9 Å². The van der Waals surface area contributed by atoms with E-state index < -0.39 is 17.8 Å². The number of nitrogens with zero attached hydrogens (tertiary/aromatic N) is 4. The van der Waals surface area contributed by atoms with Crippen LogP contribution in [0.5, 0.6) is 0 Å². The molecule has 3 heterocycles. The van der Waals surface area contributed by atoms with Gasteiger partial charge in [0.1, 0.15) is 11.4 Å². The minimum absolute atomic E-state index is 0.140. The Bertz CT molecular complexity index is 1310. The summed E-state index contributed by atoms with van der Waals surface area (Å²) in [6.07, 6.45) is 3.49. The lowest BCUT2D eigenvalue weighted by molar-refractivity contribution is -0.141. The van der Waals surface area contributed by atoms with Crippen molar-refractivity contribution in [1.82, 2.24) is 14.8 Å². The number of carbonyl (C=O) groups is 1. The minimum atomic E-state index is -4.64. The first-order valence-corrected chi connectivity index (χ1v) is 13.9. The van der Waals surface area contributed by atoms with Crippen molar-refractivity contribution in [3.63, 3.8) is 0 Å². The third kappa shape index (κ3) is 6.05. The quantitative estimate of drug-likeness (QED) is 0.381. The van der Waals surface area contributed by atoms with Crippen molar-refractivity contribution in [2.75, 3.05) is 29.9 Å². The highest BCUT2D eigenvalue weighted by atomic mass is 19.4. The molecule has 0 radical (unpaired) electrons. The number of piperidine rings is 1. The Labute approximate surface area is 226 Å². The number of amides is 1. The molecule has 1 aliphatic carbocycles. The van der Waals surface area contributed by atoms with Crippen LogP contribution in [0.1, 0.15) is 74.6 Å². The molecule has 2 aliphatic rings. The van der Waals surface area contributed by atoms with E-state index in [2.05, 4.69) is 29.0 Å². The zero-order valence-corrected chi connectivity index (χ0v) is 22.4. The smallest absolute Gasteiger partial charge is 0.396 e. The Balaban J connectivity index is 1.45. The zero-order chi connectivity index (χ0) is 27.7. The van der Waals surface area contributed by atoms with Crippen molar-refractivity contribution in [1.29, 1.82) is 0 Å². The summed E-state index contributed by atoms with van der Waals surface area (Å²) < 4.78 is 41.6. The van der Waals surface area contributed by atoms with E-state index in [9.17, 15) is 23.1 Å². The van der Waals surface area contributed by atoms with Crippen LogP contribution in [0.2, 0.25) is 0 Å². The van der Waals surface area contributed by atoms with E-state index in [4.69, 9.17) is 5.10 Å². The Morgan fingerprint density at radius 3 is 2.46 bits per heavy atom. The lowest BCUT2D eigenvalue weighted by Gasteiger charge is -2.34. The van der Waals surface area contributed by atoms with Gasteiger partial charge in [-0.1, -0.05) is 19.9 Å². The van der Waals surface area contributed by atoms with Gasteiger partial charge in [0.05, 0.1) is 22.9 Å². The number of alkyl halides is 3. The number of aliphatic hydroxyl groups is 1. The molecule has 0 unspecified atom stereocenters. The molecule has 210 valence electrons. The molecule has 0 atom stereocenters. The molecule has 7 nitrogen and oxygen atoms in total. The lowest BCUT2D eigenvalue weighted by Crippen LogP contribution is -2.35. The van der Waals surface area contributed by atoms with Crippen LogP contribution >= 0.6 is 0 Å². The maximum Gasteiger partial charge on any atom is 0.433 e. The van der Waals surface area contributed by atoms with Crippen LogP contribution in [0.15, 0.2) is 36.5 Å². The van der Waals surface area contributed by atoms with Gasteiger partial charge in [0.2, 0.25) is 0 Å². The van der Waals surface area contributed by atoms with E-state index in [1.165, 1.54) is 25.0 Å². The van der Waals surface area contributed by atoms with Crippen molar-refractivity contribution in [2.24, 2.45) is 17.8 Å². The zero-order valence-electron chi connectivity index (χ0n) is 22.4. The number of anilines is 2. The fourth-order valence-corrected chi connectivity index (χ4v) is 5.92. The monoisotopic (exact) mass is 543 g/mol. The van der Waals surface area contributed by atoms with Crippen molar-refractivity contribution in [2.45, 2.75) is 64.6 Å². The summed E-state index contributed by atoms with van der Waals surface area (Å²) in [6.45, 7) is 6.09. The van der Waals surface area contributed by atoms with E-state index in [-0.39, 0.29) is 18.2 Å². The fraction of sp³-hybridized carbons (Fsp3) is 0.552. The second-order valence-electron chi connectivity index (χ2n) is 11.3. The van der Waals surface area contributed by atoms with E-state index in [1.807, 2.05) is 23.0 Å². The SMILES string of the molecule is CC(C)[C@H]1CC[C@H](n2cc3cc(NC(=O)c4cccc(C(F)(F)F)n4)c(N4CCC(CO)CC4)cc3n2)CC1. The van der Waals surface area contributed by atoms with Gasteiger partial charge in [-0.25, -0.2) is 4.98 Å². The molecule has 3 aromatic rings. The van der Waals surface area contributed by atoms with Crippen LogP contribution in [-0.4, -0.2) is 45.5 Å². The summed E-state index contributed by atoms with van der Waals surface area (Å²) in [5.41, 5.74) is 0.693. The van der Waals surface area contributed by atoms with Gasteiger partial charge in [0, 0.05) is 31.3 Å². The molecular formula is C29H36F3N5O2. The maximum atomic E-state index is 13.2. The first-order valence-electron chi connectivity index (χ1n) is 13.9. The summed E-state index contributed by atoms with van der Waals surface area (Å²) in [5.74, 6) is 0.951. The molecular weight excluding hydrogens is 507 g/mol. The summed E-state index contributed by atoms with van der Waals surface area (Å²) >= 11 is 0. The number of halogens is 3. The van der Waals surface area contributed by atoms with E-state index in [1.54, 1.807) is 0 Å². The van der Waals surface area contributed by atoms with Crippen molar-refractivity contribution in [3.05, 3.63) is 47.9 Å². The largest absolute Gasteiger partial charge is 0.433 e. The molecule has 0 spiro atoms. The Kier molecular flexibility index (Phi) is 7.84. The summed E-state index contributed by atoms with van der Waals surface area (Å²) in [4.78, 5) is 18.8. The molecule has 1 saturated heterocycles. The minimum Gasteiger partial charge on any atom is -0.396 e. The number of fused-ring (bicyclic) bond motifs is 1. The maximum absolute atomic E-state index is 13.2. The Morgan fingerprint density at radius 2 is 1.82 bits per heavy atom. The second-order valence-corrected chi connectivity index (χ2v) is 11.3. The number of rotatable bonds is 6. The molecule has 0 bridgehead atoms. The molecule has 2 aromatic heterocycles. The van der Waals surface area contributed by atoms with Crippen LogP contribution < -0.4 is 10.2 Å². The third-order valence-electron chi connectivity index (χ3n) is 8.43. The number of hydrogen-bond donors (Lipinski definition) is 2. The second kappa shape index (κ2) is 11.2. The average Bonchev–Trinajstić information content (AvgIpc) is 3.35. The molecule has 2 fully saturated rings. The standard InChI is InChI=1S/C29H36F3N5O2/c1-18(2)20-6-8-22(9-7-20)37-16-21-14-25(34-28(39)23-4-3-5-27(33-23)29(30,31)32)26(15-24(21)35-37)36-12-10-19(17-38)11-13-36/h3-5,14-16,18-20,22,38H,6-13,17H2,1-2H3,(H,34,39)/t20-,22-. The number of carbonyl (C=O) groups excluding carboxylic acids is 1. The average molecular weight is 544 g/mol. The summed E-state index contributed by atoms with van der Waals surface area (Å²) in [7, 11) is 0. The van der Waals surface area contributed by atoms with Gasteiger partial charge in [-0.05, 0) is 80.5 Å². The topological polar surface area (TPSA) is 83.3 Å². The molecule has 2 N–H and O–H groups in total.